The summed E-state index contributed by atoms with van der Waals surface area (Å²) in [4.78, 5) is 39.1. The van der Waals surface area contributed by atoms with E-state index in [1.807, 2.05) is 0 Å². The summed E-state index contributed by atoms with van der Waals surface area (Å²) in [6.07, 6.45) is 1.20. The Morgan fingerprint density at radius 2 is 1.84 bits per heavy atom. The highest BCUT2D eigenvalue weighted by Crippen LogP contribution is 2.20. The lowest BCUT2D eigenvalue weighted by Gasteiger charge is -2.33. The SMILES string of the molecule is COCCN(C(=O)C(=O)N1CCC(C(N)=O)CC1)C1CCS(=O)(=O)C1. The van der Waals surface area contributed by atoms with Gasteiger partial charge in [-0.3, -0.25) is 14.4 Å². The van der Waals surface area contributed by atoms with Gasteiger partial charge in [0.25, 0.3) is 0 Å². The minimum Gasteiger partial charge on any atom is -0.383 e. The molecule has 2 rings (SSSR count). The van der Waals surface area contributed by atoms with Gasteiger partial charge < -0.3 is 20.3 Å². The Kier molecular flexibility index (Phi) is 6.39. The molecule has 0 radical (unpaired) electrons. The molecule has 0 saturated carbocycles. The molecule has 0 spiro atoms. The Bertz CT molecular complexity index is 627. The van der Waals surface area contributed by atoms with Crippen LogP contribution in [0.25, 0.3) is 0 Å². The van der Waals surface area contributed by atoms with Crippen molar-refractivity contribution < 1.29 is 27.5 Å². The normalized spacial score (nSPS) is 23.4. The lowest BCUT2D eigenvalue weighted by Crippen LogP contribution is -2.52. The average molecular weight is 375 g/mol. The van der Waals surface area contributed by atoms with E-state index in [0.29, 0.717) is 32.4 Å². The zero-order valence-corrected chi connectivity index (χ0v) is 15.2. The molecule has 2 N–H and O–H groups in total. The molecule has 0 bridgehead atoms. The molecule has 0 aromatic carbocycles. The summed E-state index contributed by atoms with van der Waals surface area (Å²) in [5, 5.41) is 0. The molecule has 1 unspecified atom stereocenters. The molecule has 9 nitrogen and oxygen atoms in total. The predicted molar refractivity (Wildman–Crippen MR) is 89.1 cm³/mol. The smallest absolute Gasteiger partial charge is 0.312 e. The summed E-state index contributed by atoms with van der Waals surface area (Å²) >= 11 is 0. The molecule has 2 heterocycles. The fourth-order valence-electron chi connectivity index (χ4n) is 3.29. The molecule has 1 atom stereocenters. The van der Waals surface area contributed by atoms with Gasteiger partial charge in [0, 0.05) is 38.7 Å². The predicted octanol–water partition coefficient (Wildman–Crippen LogP) is -1.63. The van der Waals surface area contributed by atoms with E-state index in [9.17, 15) is 22.8 Å². The van der Waals surface area contributed by atoms with Crippen LogP contribution in [0.3, 0.4) is 0 Å². The molecular weight excluding hydrogens is 350 g/mol. The molecule has 0 aliphatic carbocycles. The van der Waals surface area contributed by atoms with Crippen LogP contribution in [-0.4, -0.2) is 86.8 Å². The molecule has 25 heavy (non-hydrogen) atoms. The maximum Gasteiger partial charge on any atom is 0.312 e. The van der Waals surface area contributed by atoms with Crippen molar-refractivity contribution >= 4 is 27.6 Å². The molecule has 2 saturated heterocycles. The van der Waals surface area contributed by atoms with E-state index in [1.54, 1.807) is 0 Å². The second kappa shape index (κ2) is 8.13. The third-order valence-corrected chi connectivity index (χ3v) is 6.56. The summed E-state index contributed by atoms with van der Waals surface area (Å²) < 4.78 is 28.4. The molecule has 10 heteroatoms. The van der Waals surface area contributed by atoms with Crippen molar-refractivity contribution in [1.29, 1.82) is 0 Å². The van der Waals surface area contributed by atoms with E-state index in [0.717, 1.165) is 0 Å². The number of nitrogens with two attached hydrogens (primary N) is 1. The fourth-order valence-corrected chi connectivity index (χ4v) is 5.02. The number of ether oxygens (including phenoxy) is 1. The fraction of sp³-hybridized carbons (Fsp3) is 0.800. The van der Waals surface area contributed by atoms with E-state index in [-0.39, 0.29) is 30.6 Å². The van der Waals surface area contributed by atoms with Gasteiger partial charge in [-0.25, -0.2) is 8.42 Å². The van der Waals surface area contributed by atoms with Gasteiger partial charge >= 0.3 is 11.8 Å². The molecule has 2 aliphatic heterocycles. The Labute approximate surface area is 147 Å². The number of primary amides is 1. The second-order valence-corrected chi connectivity index (χ2v) is 8.75. The van der Waals surface area contributed by atoms with Crippen LogP contribution in [0, 0.1) is 5.92 Å². The molecule has 142 valence electrons. The number of carbonyl (C=O) groups excluding carboxylic acids is 3. The monoisotopic (exact) mass is 375 g/mol. The summed E-state index contributed by atoms with van der Waals surface area (Å²) in [5.41, 5.74) is 5.27. The summed E-state index contributed by atoms with van der Waals surface area (Å²) in [6, 6.07) is -0.500. The van der Waals surface area contributed by atoms with Crippen LogP contribution in [0.2, 0.25) is 0 Å². The molecule has 2 fully saturated rings. The van der Waals surface area contributed by atoms with Crippen LogP contribution in [0.1, 0.15) is 19.3 Å². The van der Waals surface area contributed by atoms with Gasteiger partial charge in [0.05, 0.1) is 18.1 Å². The van der Waals surface area contributed by atoms with Crippen LogP contribution in [0.5, 0.6) is 0 Å². The maximum atomic E-state index is 12.7. The minimum atomic E-state index is -3.18. The van der Waals surface area contributed by atoms with E-state index in [4.69, 9.17) is 10.5 Å². The van der Waals surface area contributed by atoms with Crippen LogP contribution < -0.4 is 5.73 Å². The lowest BCUT2D eigenvalue weighted by atomic mass is 9.96. The number of sulfone groups is 1. The van der Waals surface area contributed by atoms with E-state index in [1.165, 1.54) is 16.9 Å². The average Bonchev–Trinajstić information content (AvgIpc) is 2.94. The van der Waals surface area contributed by atoms with Crippen molar-refractivity contribution in [2.24, 2.45) is 11.7 Å². The molecule has 3 amide bonds. The molecule has 2 aliphatic rings. The summed E-state index contributed by atoms with van der Waals surface area (Å²) in [5.74, 6) is -2.15. The van der Waals surface area contributed by atoms with Crippen molar-refractivity contribution in [3.8, 4) is 0 Å². The highest BCUT2D eigenvalue weighted by Gasteiger charge is 2.38. The first kappa shape index (κ1) is 19.6. The number of likely N-dealkylation sites (tertiary alicyclic amines) is 1. The zero-order chi connectivity index (χ0) is 18.6. The molecule has 0 aromatic rings. The molecule has 0 aromatic heterocycles. The minimum absolute atomic E-state index is 0.0205. The number of nitrogens with zero attached hydrogens (tertiary/aromatic N) is 2. The van der Waals surface area contributed by atoms with Gasteiger partial charge in [0.15, 0.2) is 9.84 Å². The second-order valence-electron chi connectivity index (χ2n) is 6.52. The summed E-state index contributed by atoms with van der Waals surface area (Å²) in [7, 11) is -1.70. The first-order valence-corrected chi connectivity index (χ1v) is 10.2. The Morgan fingerprint density at radius 3 is 2.32 bits per heavy atom. The number of carbonyl (C=O) groups is 3. The largest absolute Gasteiger partial charge is 0.383 e. The molecular formula is C15H25N3O6S. The highest BCUT2D eigenvalue weighted by molar-refractivity contribution is 7.91. The Balaban J connectivity index is 2.03. The third-order valence-electron chi connectivity index (χ3n) is 4.81. The van der Waals surface area contributed by atoms with Crippen LogP contribution >= 0.6 is 0 Å². The van der Waals surface area contributed by atoms with Crippen LogP contribution in [-0.2, 0) is 29.0 Å². The van der Waals surface area contributed by atoms with Gasteiger partial charge in [-0.15, -0.1) is 0 Å². The third kappa shape index (κ3) is 4.91. The lowest BCUT2D eigenvalue weighted by molar-refractivity contribution is -0.154. The number of piperidine rings is 1. The van der Waals surface area contributed by atoms with Crippen molar-refractivity contribution in [1.82, 2.24) is 9.80 Å². The first-order chi connectivity index (χ1) is 11.7. The Morgan fingerprint density at radius 1 is 1.20 bits per heavy atom. The van der Waals surface area contributed by atoms with Crippen molar-refractivity contribution in [2.75, 3.05) is 44.9 Å². The standard InChI is InChI=1S/C15H25N3O6S/c1-24-8-7-18(12-4-9-25(22,23)10-12)15(21)14(20)17-5-2-11(3-6-17)13(16)19/h11-12H,2-10H2,1H3,(H2,16,19). The van der Waals surface area contributed by atoms with Crippen molar-refractivity contribution in [3.63, 3.8) is 0 Å². The van der Waals surface area contributed by atoms with Gasteiger partial charge in [-0.2, -0.15) is 0 Å². The quantitative estimate of drug-likeness (QED) is 0.575. The van der Waals surface area contributed by atoms with E-state index in [2.05, 4.69) is 0 Å². The van der Waals surface area contributed by atoms with Gasteiger partial charge in [0.1, 0.15) is 0 Å². The topological polar surface area (TPSA) is 127 Å². The number of methoxy groups -OCH3 is 1. The summed E-state index contributed by atoms with van der Waals surface area (Å²) in [6.45, 7) is 0.969. The van der Waals surface area contributed by atoms with Crippen molar-refractivity contribution in [3.05, 3.63) is 0 Å². The number of hydrogen-bond acceptors (Lipinski definition) is 6. The van der Waals surface area contributed by atoms with Gasteiger partial charge in [-0.1, -0.05) is 0 Å². The highest BCUT2D eigenvalue weighted by atomic mass is 32.2. The van der Waals surface area contributed by atoms with Gasteiger partial charge in [-0.05, 0) is 19.3 Å². The van der Waals surface area contributed by atoms with Crippen LogP contribution in [0.4, 0.5) is 0 Å². The van der Waals surface area contributed by atoms with Crippen molar-refractivity contribution in [2.45, 2.75) is 25.3 Å². The van der Waals surface area contributed by atoms with Gasteiger partial charge in [0.2, 0.25) is 5.91 Å². The van der Waals surface area contributed by atoms with E-state index >= 15 is 0 Å². The number of rotatable bonds is 5. The van der Waals surface area contributed by atoms with Crippen LogP contribution in [0.15, 0.2) is 0 Å². The van der Waals surface area contributed by atoms with E-state index < -0.39 is 33.6 Å². The number of hydrogen-bond donors (Lipinski definition) is 1. The Hall–Kier alpha value is -1.68. The zero-order valence-electron chi connectivity index (χ0n) is 14.3. The number of amides is 3. The first-order valence-electron chi connectivity index (χ1n) is 8.33. The maximum absolute atomic E-state index is 12.7.